The second-order valence-corrected chi connectivity index (χ2v) is 2.55. The van der Waals surface area contributed by atoms with Gasteiger partial charge in [0.15, 0.2) is 5.82 Å². The summed E-state index contributed by atoms with van der Waals surface area (Å²) in [6.07, 6.45) is 0. The SMILES string of the molecule is O=C(O)c1c(F)ccc(C#CCO)c1F. The summed E-state index contributed by atoms with van der Waals surface area (Å²) < 4.78 is 26.2. The van der Waals surface area contributed by atoms with E-state index in [0.717, 1.165) is 12.1 Å². The molecule has 0 atom stereocenters. The van der Waals surface area contributed by atoms with Crippen molar-refractivity contribution in [3.8, 4) is 11.8 Å². The van der Waals surface area contributed by atoms with Gasteiger partial charge in [-0.25, -0.2) is 13.6 Å². The predicted molar refractivity (Wildman–Crippen MR) is 47.3 cm³/mol. The van der Waals surface area contributed by atoms with Crippen LogP contribution in [-0.4, -0.2) is 22.8 Å². The summed E-state index contributed by atoms with van der Waals surface area (Å²) in [5, 5.41) is 16.9. The van der Waals surface area contributed by atoms with Crippen LogP contribution in [0, 0.1) is 23.5 Å². The Morgan fingerprint density at radius 3 is 2.60 bits per heavy atom. The molecule has 2 N–H and O–H groups in total. The molecule has 78 valence electrons. The van der Waals surface area contributed by atoms with E-state index < -0.39 is 29.8 Å². The van der Waals surface area contributed by atoms with Gasteiger partial charge in [0, 0.05) is 0 Å². The summed E-state index contributed by atoms with van der Waals surface area (Å²) >= 11 is 0. The van der Waals surface area contributed by atoms with E-state index >= 15 is 0 Å². The van der Waals surface area contributed by atoms with Crippen LogP contribution >= 0.6 is 0 Å². The molecule has 0 saturated heterocycles. The van der Waals surface area contributed by atoms with Crippen LogP contribution in [0.5, 0.6) is 0 Å². The fourth-order valence-electron chi connectivity index (χ4n) is 0.980. The Hall–Kier alpha value is -1.93. The first kappa shape index (κ1) is 11.1. The van der Waals surface area contributed by atoms with Gasteiger partial charge >= 0.3 is 5.97 Å². The predicted octanol–water partition coefficient (Wildman–Crippen LogP) is 1.01. The number of aliphatic hydroxyl groups excluding tert-OH is 1. The molecule has 1 aromatic carbocycles. The summed E-state index contributed by atoms with van der Waals surface area (Å²) in [5.74, 6) is 0.234. The van der Waals surface area contributed by atoms with Crippen molar-refractivity contribution in [2.45, 2.75) is 0 Å². The van der Waals surface area contributed by atoms with Crippen molar-refractivity contribution in [3.63, 3.8) is 0 Å². The lowest BCUT2D eigenvalue weighted by Gasteiger charge is -2.00. The Morgan fingerprint density at radius 1 is 1.40 bits per heavy atom. The molecule has 1 aromatic rings. The molecule has 5 heteroatoms. The number of carboxylic acid groups (broad SMARTS) is 1. The van der Waals surface area contributed by atoms with Crippen LogP contribution in [0.25, 0.3) is 0 Å². The monoisotopic (exact) mass is 212 g/mol. The molecule has 0 spiro atoms. The number of benzene rings is 1. The van der Waals surface area contributed by atoms with E-state index in [1.165, 1.54) is 0 Å². The number of hydrogen-bond acceptors (Lipinski definition) is 2. The Balaban J connectivity index is 3.35. The standard InChI is InChI=1S/C10H6F2O3/c11-7-4-3-6(2-1-5-13)9(12)8(7)10(14)15/h3-4,13H,5H2,(H,14,15). The Labute approximate surface area is 84.0 Å². The van der Waals surface area contributed by atoms with Crippen molar-refractivity contribution >= 4 is 5.97 Å². The summed E-state index contributed by atoms with van der Waals surface area (Å²) in [6, 6.07) is 1.83. The Morgan fingerprint density at radius 2 is 2.07 bits per heavy atom. The van der Waals surface area contributed by atoms with Crippen molar-refractivity contribution in [2.75, 3.05) is 6.61 Å². The van der Waals surface area contributed by atoms with Crippen LogP contribution in [0.1, 0.15) is 15.9 Å². The molecular formula is C10H6F2O3. The van der Waals surface area contributed by atoms with Crippen molar-refractivity contribution in [3.05, 3.63) is 34.9 Å². The summed E-state index contributed by atoms with van der Waals surface area (Å²) in [4.78, 5) is 10.5. The van der Waals surface area contributed by atoms with Crippen molar-refractivity contribution in [1.82, 2.24) is 0 Å². The molecule has 0 bridgehead atoms. The third-order valence-electron chi connectivity index (χ3n) is 1.61. The van der Waals surface area contributed by atoms with E-state index in [2.05, 4.69) is 11.8 Å². The minimum Gasteiger partial charge on any atom is -0.477 e. The van der Waals surface area contributed by atoms with Crippen LogP contribution in [0.2, 0.25) is 0 Å². The highest BCUT2D eigenvalue weighted by atomic mass is 19.1. The second kappa shape index (κ2) is 4.53. The topological polar surface area (TPSA) is 57.5 Å². The minimum atomic E-state index is -1.70. The average Bonchev–Trinajstić information content (AvgIpc) is 2.16. The molecule has 0 aliphatic heterocycles. The van der Waals surface area contributed by atoms with Crippen LogP contribution in [-0.2, 0) is 0 Å². The van der Waals surface area contributed by atoms with Gasteiger partial charge in [-0.3, -0.25) is 0 Å². The minimum absolute atomic E-state index is 0.261. The summed E-state index contributed by atoms with van der Waals surface area (Å²) in [6.45, 7) is -0.487. The normalized spacial score (nSPS) is 9.27. The highest BCUT2D eigenvalue weighted by molar-refractivity contribution is 5.88. The maximum atomic E-state index is 13.3. The first-order valence-corrected chi connectivity index (χ1v) is 3.89. The lowest BCUT2D eigenvalue weighted by molar-refractivity contribution is 0.0686. The number of aliphatic hydroxyl groups is 1. The van der Waals surface area contributed by atoms with E-state index in [4.69, 9.17) is 10.2 Å². The van der Waals surface area contributed by atoms with Crippen LogP contribution in [0.15, 0.2) is 12.1 Å². The summed E-state index contributed by atoms with van der Waals surface area (Å²) in [7, 11) is 0. The third kappa shape index (κ3) is 2.30. The van der Waals surface area contributed by atoms with Crippen molar-refractivity contribution < 1.29 is 23.8 Å². The number of hydrogen-bond donors (Lipinski definition) is 2. The lowest BCUT2D eigenvalue weighted by Crippen LogP contribution is -2.06. The maximum absolute atomic E-state index is 13.3. The molecule has 0 aromatic heterocycles. The zero-order valence-electron chi connectivity index (χ0n) is 7.42. The van der Waals surface area contributed by atoms with E-state index in [1.54, 1.807) is 0 Å². The molecule has 0 fully saturated rings. The van der Waals surface area contributed by atoms with Gasteiger partial charge in [0.2, 0.25) is 0 Å². The molecule has 1 rings (SSSR count). The molecule has 0 aliphatic carbocycles. The van der Waals surface area contributed by atoms with E-state index in [0.29, 0.717) is 0 Å². The lowest BCUT2D eigenvalue weighted by atomic mass is 10.1. The first-order valence-electron chi connectivity index (χ1n) is 3.89. The molecule has 15 heavy (non-hydrogen) atoms. The highest BCUT2D eigenvalue weighted by Gasteiger charge is 2.18. The van der Waals surface area contributed by atoms with Gasteiger partial charge in [-0.2, -0.15) is 0 Å². The zero-order valence-corrected chi connectivity index (χ0v) is 7.42. The number of aromatic carboxylic acids is 1. The number of halogens is 2. The molecular weight excluding hydrogens is 206 g/mol. The van der Waals surface area contributed by atoms with Gasteiger partial charge in [-0.05, 0) is 12.1 Å². The maximum Gasteiger partial charge on any atom is 0.341 e. The smallest absolute Gasteiger partial charge is 0.341 e. The molecule has 0 heterocycles. The van der Waals surface area contributed by atoms with Crippen LogP contribution in [0.3, 0.4) is 0 Å². The second-order valence-electron chi connectivity index (χ2n) is 2.55. The first-order chi connectivity index (χ1) is 7.07. The molecule has 0 aliphatic rings. The van der Waals surface area contributed by atoms with E-state index in [-0.39, 0.29) is 5.56 Å². The fraction of sp³-hybridized carbons (Fsp3) is 0.100. The number of carboxylic acids is 1. The molecule has 0 saturated carbocycles. The van der Waals surface area contributed by atoms with Crippen molar-refractivity contribution in [1.29, 1.82) is 0 Å². The quantitative estimate of drug-likeness (QED) is 0.683. The zero-order chi connectivity index (χ0) is 11.4. The largest absolute Gasteiger partial charge is 0.477 e. The number of rotatable bonds is 1. The Kier molecular flexibility index (Phi) is 3.37. The summed E-state index contributed by atoms with van der Waals surface area (Å²) in [5.41, 5.74) is -1.30. The van der Waals surface area contributed by atoms with E-state index in [9.17, 15) is 13.6 Å². The molecule has 3 nitrogen and oxygen atoms in total. The molecule has 0 amide bonds. The average molecular weight is 212 g/mol. The van der Waals surface area contributed by atoms with Gasteiger partial charge in [0.05, 0.1) is 5.56 Å². The van der Waals surface area contributed by atoms with Gasteiger partial charge in [0.1, 0.15) is 18.0 Å². The van der Waals surface area contributed by atoms with Crippen LogP contribution < -0.4 is 0 Å². The highest BCUT2D eigenvalue weighted by Crippen LogP contribution is 2.16. The van der Waals surface area contributed by atoms with Gasteiger partial charge < -0.3 is 10.2 Å². The molecule has 0 unspecified atom stereocenters. The molecule has 0 radical (unpaired) electrons. The van der Waals surface area contributed by atoms with Crippen molar-refractivity contribution in [2.24, 2.45) is 0 Å². The van der Waals surface area contributed by atoms with E-state index in [1.807, 2.05) is 0 Å². The number of carbonyl (C=O) groups is 1. The fourth-order valence-corrected chi connectivity index (χ4v) is 0.980. The van der Waals surface area contributed by atoms with Gasteiger partial charge in [-0.15, -0.1) is 0 Å². The Bertz CT molecular complexity index is 458. The third-order valence-corrected chi connectivity index (χ3v) is 1.61. The van der Waals surface area contributed by atoms with Crippen LogP contribution in [0.4, 0.5) is 8.78 Å². The van der Waals surface area contributed by atoms with Gasteiger partial charge in [-0.1, -0.05) is 11.8 Å². The van der Waals surface area contributed by atoms with Gasteiger partial charge in [0.25, 0.3) is 0 Å².